The summed E-state index contributed by atoms with van der Waals surface area (Å²) in [6.45, 7) is 4.73. The van der Waals surface area contributed by atoms with Gasteiger partial charge < -0.3 is 4.74 Å². The molecule has 0 atom stereocenters. The Balaban J connectivity index is 2.06. The minimum absolute atomic E-state index is 0.0755. The van der Waals surface area contributed by atoms with Gasteiger partial charge in [0.1, 0.15) is 0 Å². The zero-order chi connectivity index (χ0) is 12.5. The van der Waals surface area contributed by atoms with Crippen LogP contribution < -0.4 is 0 Å². The lowest BCUT2D eigenvalue weighted by Crippen LogP contribution is -2.07. The first-order valence-corrected chi connectivity index (χ1v) is 6.23. The maximum Gasteiger partial charge on any atom is 0.305 e. The van der Waals surface area contributed by atoms with Gasteiger partial charge in [-0.2, -0.15) is 0 Å². The SMILES string of the molecule is CC(C)CCC(=O)OCCCc1ccncc1. The van der Waals surface area contributed by atoms with E-state index in [0.717, 1.165) is 19.3 Å². The lowest BCUT2D eigenvalue weighted by molar-refractivity contribution is -0.144. The van der Waals surface area contributed by atoms with Crippen LogP contribution in [0.3, 0.4) is 0 Å². The highest BCUT2D eigenvalue weighted by Gasteiger charge is 2.04. The van der Waals surface area contributed by atoms with E-state index < -0.39 is 0 Å². The maximum absolute atomic E-state index is 11.3. The monoisotopic (exact) mass is 235 g/mol. The molecule has 0 aliphatic heterocycles. The Morgan fingerprint density at radius 2 is 2.06 bits per heavy atom. The Bertz CT molecular complexity index is 322. The summed E-state index contributed by atoms with van der Waals surface area (Å²) >= 11 is 0. The first-order valence-electron chi connectivity index (χ1n) is 6.23. The number of hydrogen-bond donors (Lipinski definition) is 0. The van der Waals surface area contributed by atoms with Gasteiger partial charge in [0.15, 0.2) is 0 Å². The summed E-state index contributed by atoms with van der Waals surface area (Å²) in [5.41, 5.74) is 1.23. The molecule has 0 radical (unpaired) electrons. The van der Waals surface area contributed by atoms with E-state index in [-0.39, 0.29) is 5.97 Å². The van der Waals surface area contributed by atoms with E-state index in [0.29, 0.717) is 18.9 Å². The minimum atomic E-state index is -0.0755. The zero-order valence-electron chi connectivity index (χ0n) is 10.7. The lowest BCUT2D eigenvalue weighted by Gasteiger charge is -2.06. The second-order valence-corrected chi connectivity index (χ2v) is 4.61. The van der Waals surface area contributed by atoms with Crippen molar-refractivity contribution >= 4 is 5.97 Å². The molecule has 0 unspecified atom stereocenters. The summed E-state index contributed by atoms with van der Waals surface area (Å²) < 4.78 is 5.16. The molecule has 0 aromatic carbocycles. The Kier molecular flexibility index (Phi) is 6.30. The van der Waals surface area contributed by atoms with Crippen LogP contribution in [0.25, 0.3) is 0 Å². The summed E-state index contributed by atoms with van der Waals surface area (Å²) in [7, 11) is 0. The standard InChI is InChI=1S/C14H21NO2/c1-12(2)5-6-14(16)17-11-3-4-13-7-9-15-10-8-13/h7-10,12H,3-6,11H2,1-2H3. The molecule has 0 bridgehead atoms. The summed E-state index contributed by atoms with van der Waals surface area (Å²) in [5, 5.41) is 0. The van der Waals surface area contributed by atoms with Crippen molar-refractivity contribution < 1.29 is 9.53 Å². The smallest absolute Gasteiger partial charge is 0.305 e. The van der Waals surface area contributed by atoms with E-state index in [9.17, 15) is 4.79 Å². The lowest BCUT2D eigenvalue weighted by atomic mass is 10.1. The average molecular weight is 235 g/mol. The van der Waals surface area contributed by atoms with Crippen LogP contribution in [0.5, 0.6) is 0 Å². The molecule has 0 fully saturated rings. The van der Waals surface area contributed by atoms with Crippen molar-refractivity contribution in [3.63, 3.8) is 0 Å². The first kappa shape index (κ1) is 13.7. The number of carbonyl (C=O) groups excluding carboxylic acids is 1. The molecule has 1 aromatic rings. The molecule has 1 heterocycles. The van der Waals surface area contributed by atoms with Gasteiger partial charge in [-0.15, -0.1) is 0 Å². The van der Waals surface area contributed by atoms with E-state index in [4.69, 9.17) is 4.74 Å². The molecule has 0 N–H and O–H groups in total. The third-order valence-corrected chi connectivity index (χ3v) is 2.55. The van der Waals surface area contributed by atoms with Gasteiger partial charge in [-0.05, 0) is 42.9 Å². The van der Waals surface area contributed by atoms with Crippen LogP contribution in [0.15, 0.2) is 24.5 Å². The Morgan fingerprint density at radius 3 is 2.71 bits per heavy atom. The van der Waals surface area contributed by atoms with Gasteiger partial charge in [-0.25, -0.2) is 0 Å². The molecule has 0 amide bonds. The Morgan fingerprint density at radius 1 is 1.35 bits per heavy atom. The molecule has 0 spiro atoms. The molecule has 1 rings (SSSR count). The summed E-state index contributed by atoms with van der Waals surface area (Å²) in [5.74, 6) is 0.479. The number of carbonyl (C=O) groups is 1. The molecule has 94 valence electrons. The third kappa shape index (κ3) is 6.72. The largest absolute Gasteiger partial charge is 0.466 e. The molecule has 1 aromatic heterocycles. The van der Waals surface area contributed by atoms with Crippen LogP contribution in [0.4, 0.5) is 0 Å². The van der Waals surface area contributed by atoms with Crippen molar-refractivity contribution in [2.45, 2.75) is 39.5 Å². The molecule has 0 aliphatic rings. The molecule has 0 aliphatic carbocycles. The van der Waals surface area contributed by atoms with Gasteiger partial charge in [0.05, 0.1) is 6.61 Å². The second kappa shape index (κ2) is 7.82. The first-order chi connectivity index (χ1) is 8.18. The number of aryl methyl sites for hydroxylation is 1. The van der Waals surface area contributed by atoms with Gasteiger partial charge in [0, 0.05) is 18.8 Å². The van der Waals surface area contributed by atoms with Gasteiger partial charge in [-0.1, -0.05) is 13.8 Å². The Hall–Kier alpha value is -1.38. The van der Waals surface area contributed by atoms with Crippen LogP contribution in [0.2, 0.25) is 0 Å². The number of aromatic nitrogens is 1. The molecule has 0 saturated carbocycles. The predicted molar refractivity (Wildman–Crippen MR) is 67.6 cm³/mol. The quantitative estimate of drug-likeness (QED) is 0.538. The van der Waals surface area contributed by atoms with Crippen molar-refractivity contribution in [2.24, 2.45) is 5.92 Å². The predicted octanol–water partition coefficient (Wildman–Crippen LogP) is 2.99. The van der Waals surface area contributed by atoms with E-state index in [2.05, 4.69) is 18.8 Å². The van der Waals surface area contributed by atoms with E-state index >= 15 is 0 Å². The molecule has 3 heteroatoms. The van der Waals surface area contributed by atoms with Crippen molar-refractivity contribution in [3.8, 4) is 0 Å². The average Bonchev–Trinajstić information content (AvgIpc) is 2.33. The normalized spacial score (nSPS) is 10.5. The van der Waals surface area contributed by atoms with Crippen molar-refractivity contribution in [1.82, 2.24) is 4.98 Å². The summed E-state index contributed by atoms with van der Waals surface area (Å²) in [6.07, 6.45) is 6.81. The highest BCUT2D eigenvalue weighted by molar-refractivity contribution is 5.69. The molecule has 0 saturated heterocycles. The molecule has 3 nitrogen and oxygen atoms in total. The number of esters is 1. The fraction of sp³-hybridized carbons (Fsp3) is 0.571. The molecular formula is C14H21NO2. The number of rotatable bonds is 7. The highest BCUT2D eigenvalue weighted by atomic mass is 16.5. The van der Waals surface area contributed by atoms with Gasteiger partial charge in [-0.3, -0.25) is 9.78 Å². The van der Waals surface area contributed by atoms with Crippen LogP contribution in [-0.2, 0) is 16.0 Å². The Labute approximate surface area is 103 Å². The highest BCUT2D eigenvalue weighted by Crippen LogP contribution is 2.05. The fourth-order valence-electron chi connectivity index (χ4n) is 1.49. The maximum atomic E-state index is 11.3. The van der Waals surface area contributed by atoms with Crippen molar-refractivity contribution in [3.05, 3.63) is 30.1 Å². The van der Waals surface area contributed by atoms with Crippen LogP contribution in [0.1, 0.15) is 38.7 Å². The third-order valence-electron chi connectivity index (χ3n) is 2.55. The minimum Gasteiger partial charge on any atom is -0.466 e. The number of nitrogens with zero attached hydrogens (tertiary/aromatic N) is 1. The van der Waals surface area contributed by atoms with Crippen LogP contribution in [0, 0.1) is 5.92 Å². The zero-order valence-corrected chi connectivity index (χ0v) is 10.7. The molecule has 17 heavy (non-hydrogen) atoms. The second-order valence-electron chi connectivity index (χ2n) is 4.61. The van der Waals surface area contributed by atoms with Crippen molar-refractivity contribution in [2.75, 3.05) is 6.61 Å². The van der Waals surface area contributed by atoms with Gasteiger partial charge >= 0.3 is 5.97 Å². The van der Waals surface area contributed by atoms with E-state index in [1.54, 1.807) is 12.4 Å². The van der Waals surface area contributed by atoms with Crippen LogP contribution in [-0.4, -0.2) is 17.6 Å². The van der Waals surface area contributed by atoms with Crippen LogP contribution >= 0.6 is 0 Å². The van der Waals surface area contributed by atoms with E-state index in [1.165, 1.54) is 5.56 Å². The topological polar surface area (TPSA) is 39.2 Å². The molecular weight excluding hydrogens is 214 g/mol. The number of ether oxygens (including phenoxy) is 1. The van der Waals surface area contributed by atoms with Gasteiger partial charge in [0.2, 0.25) is 0 Å². The number of hydrogen-bond acceptors (Lipinski definition) is 3. The fourth-order valence-corrected chi connectivity index (χ4v) is 1.49. The summed E-state index contributed by atoms with van der Waals surface area (Å²) in [4.78, 5) is 15.3. The van der Waals surface area contributed by atoms with Gasteiger partial charge in [0.25, 0.3) is 0 Å². The summed E-state index contributed by atoms with van der Waals surface area (Å²) in [6, 6.07) is 3.97. The number of pyridine rings is 1. The van der Waals surface area contributed by atoms with E-state index in [1.807, 2.05) is 12.1 Å². The van der Waals surface area contributed by atoms with Crippen molar-refractivity contribution in [1.29, 1.82) is 0 Å².